The van der Waals surface area contributed by atoms with Crippen LogP contribution in [0.4, 0.5) is 0 Å². The number of hydrogen-bond donors (Lipinski definition) is 2. The summed E-state index contributed by atoms with van der Waals surface area (Å²) in [6.45, 7) is 9.87. The van der Waals surface area contributed by atoms with Gasteiger partial charge >= 0.3 is 0 Å². The summed E-state index contributed by atoms with van der Waals surface area (Å²) in [5.74, 6) is 4.07. The van der Waals surface area contributed by atoms with Crippen molar-refractivity contribution in [2.45, 2.75) is 91.3 Å². The lowest BCUT2D eigenvalue weighted by atomic mass is 9.43. The smallest absolute Gasteiger partial charge is 0.0577 e. The van der Waals surface area contributed by atoms with E-state index in [9.17, 15) is 10.2 Å². The Hall–Kier alpha value is -0.0800. The van der Waals surface area contributed by atoms with Crippen LogP contribution in [0.2, 0.25) is 0 Å². The topological polar surface area (TPSA) is 40.5 Å². The second-order valence-electron chi connectivity index (χ2n) is 10.7. The molecule has 4 rings (SSSR count). The molecule has 0 aromatic carbocycles. The number of aliphatic hydroxyl groups is 2. The molecule has 2 N–H and O–H groups in total. The largest absolute Gasteiger partial charge is 0.393 e. The molecule has 4 aliphatic carbocycles. The number of hydrogen-bond acceptors (Lipinski definition) is 2. The predicted octanol–water partition coefficient (Wildman–Crippen LogP) is 4.63. The van der Waals surface area contributed by atoms with E-state index in [0.29, 0.717) is 28.6 Å². The zero-order chi connectivity index (χ0) is 17.3. The molecule has 0 spiro atoms. The molecule has 0 aromatic heterocycles. The zero-order valence-corrected chi connectivity index (χ0v) is 16.2. The van der Waals surface area contributed by atoms with E-state index in [4.69, 9.17) is 0 Å². The quantitative estimate of drug-likeness (QED) is 0.734. The first-order valence-electron chi connectivity index (χ1n) is 10.6. The third-order valence-corrected chi connectivity index (χ3v) is 9.53. The van der Waals surface area contributed by atoms with Gasteiger partial charge < -0.3 is 10.2 Å². The van der Waals surface area contributed by atoms with E-state index in [1.807, 2.05) is 0 Å². The van der Waals surface area contributed by atoms with Gasteiger partial charge in [0.1, 0.15) is 0 Å². The van der Waals surface area contributed by atoms with Gasteiger partial charge in [-0.1, -0.05) is 27.7 Å². The van der Waals surface area contributed by atoms with Crippen LogP contribution in [0.15, 0.2) is 0 Å². The van der Waals surface area contributed by atoms with Crippen LogP contribution >= 0.6 is 0 Å². The van der Waals surface area contributed by atoms with Crippen LogP contribution in [-0.4, -0.2) is 22.4 Å². The minimum Gasteiger partial charge on any atom is -0.393 e. The number of rotatable bonds is 1. The van der Waals surface area contributed by atoms with E-state index < -0.39 is 0 Å². The maximum Gasteiger partial charge on any atom is 0.0577 e. The summed E-state index contributed by atoms with van der Waals surface area (Å²) in [5, 5.41) is 21.3. The maximum absolute atomic E-state index is 11.1. The molecule has 0 bridgehead atoms. The summed E-state index contributed by atoms with van der Waals surface area (Å²) < 4.78 is 0. The fourth-order valence-electron chi connectivity index (χ4n) is 8.34. The van der Waals surface area contributed by atoms with E-state index in [-0.39, 0.29) is 12.2 Å². The fraction of sp³-hybridized carbons (Fsp3) is 1.00. The highest BCUT2D eigenvalue weighted by Gasteiger charge is 2.62. The first-order chi connectivity index (χ1) is 11.3. The molecule has 24 heavy (non-hydrogen) atoms. The maximum atomic E-state index is 11.1. The van der Waals surface area contributed by atoms with E-state index in [1.165, 1.54) is 32.1 Å². The van der Waals surface area contributed by atoms with Crippen LogP contribution in [-0.2, 0) is 0 Å². The van der Waals surface area contributed by atoms with Crippen molar-refractivity contribution in [1.29, 1.82) is 0 Å². The van der Waals surface area contributed by atoms with Gasteiger partial charge in [0.15, 0.2) is 0 Å². The average Bonchev–Trinajstić information content (AvgIpc) is 2.86. The molecule has 4 fully saturated rings. The van der Waals surface area contributed by atoms with Gasteiger partial charge in [0.2, 0.25) is 0 Å². The lowest BCUT2D eigenvalue weighted by molar-refractivity contribution is -0.174. The molecule has 0 saturated heterocycles. The van der Waals surface area contributed by atoms with Gasteiger partial charge in [0, 0.05) is 0 Å². The summed E-state index contributed by atoms with van der Waals surface area (Å²) in [5.41, 5.74) is 0.814. The summed E-state index contributed by atoms with van der Waals surface area (Å²) in [6, 6.07) is 0. The summed E-state index contributed by atoms with van der Waals surface area (Å²) >= 11 is 0. The van der Waals surface area contributed by atoms with Crippen LogP contribution in [0, 0.1) is 46.3 Å². The Kier molecular flexibility index (Phi) is 4.12. The van der Waals surface area contributed by atoms with E-state index in [2.05, 4.69) is 27.7 Å². The van der Waals surface area contributed by atoms with Gasteiger partial charge in [-0.3, -0.25) is 0 Å². The first kappa shape index (κ1) is 17.3. The van der Waals surface area contributed by atoms with Crippen LogP contribution in [0.1, 0.15) is 79.1 Å². The minimum atomic E-state index is -0.131. The Morgan fingerprint density at radius 3 is 2.21 bits per heavy atom. The highest BCUT2D eigenvalue weighted by atomic mass is 16.3. The fourth-order valence-corrected chi connectivity index (χ4v) is 8.34. The lowest BCUT2D eigenvalue weighted by Crippen LogP contribution is -2.58. The van der Waals surface area contributed by atoms with Gasteiger partial charge in [-0.2, -0.15) is 0 Å². The van der Waals surface area contributed by atoms with Crippen LogP contribution in [0.25, 0.3) is 0 Å². The van der Waals surface area contributed by atoms with Gasteiger partial charge in [0.05, 0.1) is 12.2 Å². The van der Waals surface area contributed by atoms with Crippen LogP contribution < -0.4 is 0 Å². The molecule has 0 aliphatic heterocycles. The summed E-state index contributed by atoms with van der Waals surface area (Å²) in [4.78, 5) is 0. The minimum absolute atomic E-state index is 0.127. The molecule has 3 unspecified atom stereocenters. The average molecular weight is 335 g/mol. The SMILES string of the molecule is CC(C)[C@H]1CC[C@H]2C3C(O)CC4C[C@H](O)CC[C@]4(C)[C@H]3CC[C@]12C. The highest BCUT2D eigenvalue weighted by Crippen LogP contribution is 2.68. The molecule has 2 heteroatoms. The van der Waals surface area contributed by atoms with Crippen molar-refractivity contribution in [3.05, 3.63) is 0 Å². The normalized spacial score (nSPS) is 57.4. The molecule has 9 atom stereocenters. The van der Waals surface area contributed by atoms with Crippen molar-refractivity contribution in [3.8, 4) is 0 Å². The summed E-state index contributed by atoms with van der Waals surface area (Å²) in [7, 11) is 0. The molecule has 0 radical (unpaired) electrons. The van der Waals surface area contributed by atoms with Crippen LogP contribution in [0.3, 0.4) is 0 Å². The summed E-state index contributed by atoms with van der Waals surface area (Å²) in [6.07, 6.45) is 9.12. The molecule has 0 heterocycles. The molecule has 4 aliphatic rings. The Morgan fingerprint density at radius 1 is 0.833 bits per heavy atom. The molecule has 0 amide bonds. The van der Waals surface area contributed by atoms with E-state index in [1.54, 1.807) is 0 Å². The predicted molar refractivity (Wildman–Crippen MR) is 97.5 cm³/mol. The van der Waals surface area contributed by atoms with E-state index in [0.717, 1.165) is 37.0 Å². The van der Waals surface area contributed by atoms with Crippen molar-refractivity contribution in [2.75, 3.05) is 0 Å². The van der Waals surface area contributed by atoms with E-state index >= 15 is 0 Å². The monoisotopic (exact) mass is 334 g/mol. The Bertz CT molecular complexity index is 488. The highest BCUT2D eigenvalue weighted by molar-refractivity contribution is 5.11. The van der Waals surface area contributed by atoms with Gasteiger partial charge in [-0.15, -0.1) is 0 Å². The van der Waals surface area contributed by atoms with Crippen molar-refractivity contribution in [2.24, 2.45) is 46.3 Å². The van der Waals surface area contributed by atoms with Gasteiger partial charge in [-0.25, -0.2) is 0 Å². The molecule has 4 saturated carbocycles. The van der Waals surface area contributed by atoms with Crippen molar-refractivity contribution in [1.82, 2.24) is 0 Å². The zero-order valence-electron chi connectivity index (χ0n) is 16.2. The first-order valence-corrected chi connectivity index (χ1v) is 10.6. The molecular weight excluding hydrogens is 296 g/mol. The molecule has 138 valence electrons. The van der Waals surface area contributed by atoms with Crippen LogP contribution in [0.5, 0.6) is 0 Å². The Balaban J connectivity index is 1.65. The Morgan fingerprint density at radius 2 is 1.50 bits per heavy atom. The number of fused-ring (bicyclic) bond motifs is 5. The van der Waals surface area contributed by atoms with Crippen molar-refractivity contribution in [3.63, 3.8) is 0 Å². The molecular formula is C22H38O2. The van der Waals surface area contributed by atoms with Gasteiger partial charge in [-0.05, 0) is 97.7 Å². The van der Waals surface area contributed by atoms with Crippen molar-refractivity contribution >= 4 is 0 Å². The second kappa shape index (κ2) is 5.71. The number of aliphatic hydroxyl groups excluding tert-OH is 2. The standard InChI is InChI=1S/C22H38O2/c1-13(2)16-5-6-17-20-18(8-10-22(16,17)4)21(3)9-7-15(23)11-14(21)12-19(20)24/h13-20,23-24H,5-12H2,1-4H3/t14?,15-,16-,17+,18+,19?,20?,21+,22-/m1/s1. The lowest BCUT2D eigenvalue weighted by Gasteiger charge is -2.62. The third-order valence-electron chi connectivity index (χ3n) is 9.53. The third kappa shape index (κ3) is 2.28. The van der Waals surface area contributed by atoms with Crippen molar-refractivity contribution < 1.29 is 10.2 Å². The molecule has 2 nitrogen and oxygen atoms in total. The van der Waals surface area contributed by atoms with Gasteiger partial charge in [0.25, 0.3) is 0 Å². The Labute approximate surface area is 148 Å². The molecule has 0 aromatic rings. The second-order valence-corrected chi connectivity index (χ2v) is 10.7.